The van der Waals surface area contributed by atoms with Crippen LogP contribution in [0, 0.1) is 0 Å². The first-order chi connectivity index (χ1) is 12.6. The maximum absolute atomic E-state index is 12.7. The quantitative estimate of drug-likeness (QED) is 0.783. The van der Waals surface area contributed by atoms with Crippen molar-refractivity contribution in [2.75, 3.05) is 13.1 Å². The largest absolute Gasteiger partial charge is 0.335 e. The molecule has 1 atom stereocenters. The molecular formula is C20H20N2O3S. The molecule has 0 radical (unpaired) electrons. The molecule has 1 aromatic carbocycles. The fourth-order valence-electron chi connectivity index (χ4n) is 3.83. The molecule has 2 aromatic rings. The van der Waals surface area contributed by atoms with Gasteiger partial charge in [-0.15, -0.1) is 11.3 Å². The van der Waals surface area contributed by atoms with Crippen molar-refractivity contribution < 1.29 is 14.4 Å². The smallest absolute Gasteiger partial charge is 0.260 e. The number of rotatable bonds is 3. The van der Waals surface area contributed by atoms with E-state index in [0.717, 1.165) is 12.0 Å². The van der Waals surface area contributed by atoms with Gasteiger partial charge in [0.15, 0.2) is 0 Å². The summed E-state index contributed by atoms with van der Waals surface area (Å²) in [6.45, 7) is 2.87. The van der Waals surface area contributed by atoms with Crippen molar-refractivity contribution in [2.45, 2.75) is 32.2 Å². The Labute approximate surface area is 156 Å². The van der Waals surface area contributed by atoms with Gasteiger partial charge in [-0.1, -0.05) is 18.2 Å². The number of imide groups is 1. The minimum absolute atomic E-state index is 0.00573. The van der Waals surface area contributed by atoms with E-state index < -0.39 is 0 Å². The van der Waals surface area contributed by atoms with E-state index in [-0.39, 0.29) is 43.1 Å². The van der Waals surface area contributed by atoms with E-state index in [1.807, 2.05) is 24.0 Å². The molecule has 26 heavy (non-hydrogen) atoms. The lowest BCUT2D eigenvalue weighted by molar-refractivity contribution is -0.134. The number of thiophene rings is 1. The van der Waals surface area contributed by atoms with Gasteiger partial charge in [-0.05, 0) is 42.0 Å². The van der Waals surface area contributed by atoms with Crippen LogP contribution in [0.25, 0.3) is 0 Å². The lowest BCUT2D eigenvalue weighted by Gasteiger charge is -2.34. The highest BCUT2D eigenvalue weighted by Crippen LogP contribution is 2.33. The Morgan fingerprint density at radius 1 is 1.23 bits per heavy atom. The van der Waals surface area contributed by atoms with E-state index in [4.69, 9.17) is 0 Å². The highest BCUT2D eigenvalue weighted by molar-refractivity contribution is 7.10. The predicted octanol–water partition coefficient (Wildman–Crippen LogP) is 2.81. The summed E-state index contributed by atoms with van der Waals surface area (Å²) in [4.78, 5) is 42.1. The molecule has 0 unspecified atom stereocenters. The molecule has 6 heteroatoms. The number of carbonyl (C=O) groups is 3. The minimum atomic E-state index is -0.295. The van der Waals surface area contributed by atoms with Crippen molar-refractivity contribution in [2.24, 2.45) is 0 Å². The van der Waals surface area contributed by atoms with Gasteiger partial charge in [0.1, 0.15) is 0 Å². The molecule has 2 aliphatic rings. The van der Waals surface area contributed by atoms with Crippen molar-refractivity contribution in [1.82, 2.24) is 9.80 Å². The van der Waals surface area contributed by atoms with Crippen molar-refractivity contribution in [3.63, 3.8) is 0 Å². The molecule has 0 N–H and O–H groups in total. The molecule has 5 nitrogen and oxygen atoms in total. The number of hydrogen-bond acceptors (Lipinski definition) is 4. The molecule has 0 saturated carbocycles. The van der Waals surface area contributed by atoms with Crippen LogP contribution in [0.1, 0.15) is 45.7 Å². The molecule has 1 aromatic heterocycles. The fourth-order valence-corrected chi connectivity index (χ4v) is 4.79. The number of amides is 3. The summed E-state index contributed by atoms with van der Waals surface area (Å²) in [7, 11) is 0. The monoisotopic (exact) mass is 368 g/mol. The zero-order valence-corrected chi connectivity index (χ0v) is 15.4. The molecule has 0 fully saturated rings. The number of fused-ring (bicyclic) bond motifs is 2. The number of nitrogens with zero attached hydrogens (tertiary/aromatic N) is 2. The molecule has 3 amide bonds. The van der Waals surface area contributed by atoms with Crippen LogP contribution >= 0.6 is 11.3 Å². The highest BCUT2D eigenvalue weighted by Gasteiger charge is 2.32. The summed E-state index contributed by atoms with van der Waals surface area (Å²) in [5.41, 5.74) is 2.54. The molecule has 0 aliphatic carbocycles. The van der Waals surface area contributed by atoms with E-state index >= 15 is 0 Å². The van der Waals surface area contributed by atoms with E-state index in [2.05, 4.69) is 11.4 Å². The van der Waals surface area contributed by atoms with Gasteiger partial charge in [-0.2, -0.15) is 0 Å². The lowest BCUT2D eigenvalue weighted by Crippen LogP contribution is -2.45. The maximum atomic E-state index is 12.7. The zero-order valence-electron chi connectivity index (χ0n) is 14.6. The van der Waals surface area contributed by atoms with Gasteiger partial charge >= 0.3 is 0 Å². The first kappa shape index (κ1) is 17.0. The van der Waals surface area contributed by atoms with Crippen molar-refractivity contribution >= 4 is 29.1 Å². The molecule has 0 spiro atoms. The van der Waals surface area contributed by atoms with E-state index in [9.17, 15) is 14.4 Å². The van der Waals surface area contributed by atoms with Crippen LogP contribution in [0.4, 0.5) is 0 Å². The molecule has 3 heterocycles. The van der Waals surface area contributed by atoms with Crippen LogP contribution in [-0.2, 0) is 22.4 Å². The molecule has 134 valence electrons. The molecular weight excluding hydrogens is 348 g/mol. The van der Waals surface area contributed by atoms with Gasteiger partial charge < -0.3 is 4.90 Å². The summed E-state index contributed by atoms with van der Waals surface area (Å²) in [6.07, 6.45) is 1.26. The molecule has 0 bridgehead atoms. The second-order valence-corrected chi connectivity index (χ2v) is 7.75. The Kier molecular flexibility index (Phi) is 4.36. The van der Waals surface area contributed by atoms with Crippen LogP contribution in [0.5, 0.6) is 0 Å². The van der Waals surface area contributed by atoms with Crippen molar-refractivity contribution in [1.29, 1.82) is 0 Å². The third kappa shape index (κ3) is 2.84. The molecule has 2 aliphatic heterocycles. The Bertz CT molecular complexity index is 889. The summed E-state index contributed by atoms with van der Waals surface area (Å²) >= 11 is 1.74. The fraction of sp³-hybridized carbons (Fsp3) is 0.350. The summed E-state index contributed by atoms with van der Waals surface area (Å²) in [5, 5.41) is 2.07. The summed E-state index contributed by atoms with van der Waals surface area (Å²) in [5.74, 6) is -0.529. The van der Waals surface area contributed by atoms with E-state index in [1.165, 1.54) is 15.3 Å². The van der Waals surface area contributed by atoms with Gasteiger partial charge in [0.05, 0.1) is 12.5 Å². The number of carbonyl (C=O) groups excluding carboxylic acids is 3. The Hall–Kier alpha value is -2.47. The normalized spacial score (nSPS) is 19.3. The summed E-state index contributed by atoms with van der Waals surface area (Å²) < 4.78 is 0. The second kappa shape index (κ2) is 6.68. The van der Waals surface area contributed by atoms with Gasteiger partial charge in [-0.25, -0.2) is 0 Å². The van der Waals surface area contributed by atoms with Crippen LogP contribution in [0.15, 0.2) is 35.7 Å². The molecule has 0 saturated heterocycles. The Morgan fingerprint density at radius 3 is 2.88 bits per heavy atom. The van der Waals surface area contributed by atoms with Gasteiger partial charge in [0, 0.05) is 30.0 Å². The molecule has 4 rings (SSSR count). The number of hydrogen-bond donors (Lipinski definition) is 0. The first-order valence-electron chi connectivity index (χ1n) is 8.84. The SMILES string of the molecule is C[C@@H]1c2ccsc2CCN1C(=O)CCN1C(=O)Cc2ccccc2C1=O. The van der Waals surface area contributed by atoms with Gasteiger partial charge in [-0.3, -0.25) is 19.3 Å². The Morgan fingerprint density at radius 2 is 2.04 bits per heavy atom. The second-order valence-electron chi connectivity index (χ2n) is 6.75. The third-order valence-electron chi connectivity index (χ3n) is 5.28. The van der Waals surface area contributed by atoms with Gasteiger partial charge in [0.2, 0.25) is 11.8 Å². The summed E-state index contributed by atoms with van der Waals surface area (Å²) in [6, 6.07) is 9.30. The Balaban J connectivity index is 1.44. The minimum Gasteiger partial charge on any atom is -0.335 e. The van der Waals surface area contributed by atoms with Crippen LogP contribution in [-0.4, -0.2) is 40.6 Å². The number of benzene rings is 1. The van der Waals surface area contributed by atoms with Crippen molar-refractivity contribution in [3.8, 4) is 0 Å². The predicted molar refractivity (Wildman–Crippen MR) is 99.0 cm³/mol. The van der Waals surface area contributed by atoms with Crippen LogP contribution < -0.4 is 0 Å². The maximum Gasteiger partial charge on any atom is 0.260 e. The van der Waals surface area contributed by atoms with Crippen LogP contribution in [0.3, 0.4) is 0 Å². The highest BCUT2D eigenvalue weighted by atomic mass is 32.1. The van der Waals surface area contributed by atoms with Crippen molar-refractivity contribution in [3.05, 3.63) is 57.3 Å². The zero-order chi connectivity index (χ0) is 18.3. The van der Waals surface area contributed by atoms with E-state index in [0.29, 0.717) is 12.1 Å². The van der Waals surface area contributed by atoms with E-state index in [1.54, 1.807) is 23.5 Å². The topological polar surface area (TPSA) is 57.7 Å². The first-order valence-corrected chi connectivity index (χ1v) is 9.72. The lowest BCUT2D eigenvalue weighted by atomic mass is 9.98. The van der Waals surface area contributed by atoms with Gasteiger partial charge in [0.25, 0.3) is 5.91 Å². The average Bonchev–Trinajstić information content (AvgIpc) is 3.11. The third-order valence-corrected chi connectivity index (χ3v) is 6.28. The average molecular weight is 368 g/mol. The van der Waals surface area contributed by atoms with Crippen LogP contribution in [0.2, 0.25) is 0 Å². The standard InChI is InChI=1S/C20H20N2O3S/c1-13-15-8-11-26-17(15)6-9-21(13)18(23)7-10-22-19(24)12-14-4-2-3-5-16(14)20(22)25/h2-5,8,11,13H,6-7,9-10,12H2,1H3/t13-/m1/s1.